The first-order valence-electron chi connectivity index (χ1n) is 11.1. The molecular formula is C22H34N6O2S. The monoisotopic (exact) mass is 446 g/mol. The summed E-state index contributed by atoms with van der Waals surface area (Å²) in [6.45, 7) is 7.97. The summed E-state index contributed by atoms with van der Waals surface area (Å²) in [6.07, 6.45) is 2.37. The molecule has 3 amide bonds. The molecule has 1 aromatic heterocycles. The molecule has 1 aromatic rings. The van der Waals surface area contributed by atoms with Crippen molar-refractivity contribution in [2.45, 2.75) is 39.2 Å². The number of hydrogen-bond donors (Lipinski definition) is 2. The number of imide groups is 1. The Morgan fingerprint density at radius 1 is 1.32 bits per heavy atom. The molecule has 0 saturated carbocycles. The Hall–Kier alpha value is -2.15. The Morgan fingerprint density at radius 3 is 2.68 bits per heavy atom. The number of urea groups is 1. The molecule has 0 bridgehead atoms. The van der Waals surface area contributed by atoms with Crippen molar-refractivity contribution in [1.29, 1.82) is 5.26 Å². The highest BCUT2D eigenvalue weighted by molar-refractivity contribution is 7.16. The van der Waals surface area contributed by atoms with Crippen LogP contribution in [-0.4, -0.2) is 79.5 Å². The van der Waals surface area contributed by atoms with E-state index < -0.39 is 0 Å². The molecule has 1 aliphatic carbocycles. The number of fused-ring (bicyclic) bond motifs is 2. The van der Waals surface area contributed by atoms with Gasteiger partial charge >= 0.3 is 6.03 Å². The fourth-order valence-corrected chi connectivity index (χ4v) is 6.10. The molecule has 3 atom stereocenters. The number of thiophene rings is 1. The van der Waals surface area contributed by atoms with Crippen LogP contribution in [0.2, 0.25) is 0 Å². The Labute approximate surface area is 189 Å². The minimum atomic E-state index is -0.342. The summed E-state index contributed by atoms with van der Waals surface area (Å²) >= 11 is 1.52. The Bertz CT molecular complexity index is 859. The van der Waals surface area contributed by atoms with E-state index in [2.05, 4.69) is 42.1 Å². The number of nitriles is 1. The molecule has 170 valence electrons. The van der Waals surface area contributed by atoms with Crippen molar-refractivity contribution in [2.75, 3.05) is 52.6 Å². The quantitative estimate of drug-likeness (QED) is 0.690. The summed E-state index contributed by atoms with van der Waals surface area (Å²) in [5, 5.41) is 12.9. The van der Waals surface area contributed by atoms with Crippen molar-refractivity contribution in [3.8, 4) is 6.07 Å². The van der Waals surface area contributed by atoms with E-state index in [1.165, 1.54) is 21.1 Å². The van der Waals surface area contributed by atoms with Gasteiger partial charge in [0.15, 0.2) is 0 Å². The summed E-state index contributed by atoms with van der Waals surface area (Å²) in [6, 6.07) is 2.25. The minimum Gasteiger partial charge on any atom is -0.389 e. The van der Waals surface area contributed by atoms with Gasteiger partial charge < -0.3 is 20.9 Å². The molecular weight excluding hydrogens is 412 g/mol. The standard InChI is InChI=1S/C22H34N6O2S/c1-5-28(6-2)8-7-25-22(30)27(4)21(29)15-9-14-10-16-17(12-23)20(24)31-19(16)11-18(14)26(3)13-15/h14-15,18H,5-11,13,24H2,1-4H3,(H,25,30)/t14-,15-,18-/m1/s1. The first-order valence-corrected chi connectivity index (χ1v) is 11.9. The van der Waals surface area contributed by atoms with Crippen LogP contribution in [-0.2, 0) is 17.6 Å². The molecule has 1 fully saturated rings. The molecule has 1 aliphatic heterocycles. The van der Waals surface area contributed by atoms with Crippen LogP contribution in [0.5, 0.6) is 0 Å². The number of likely N-dealkylation sites (N-methyl/N-ethyl adjacent to an activating group) is 2. The molecule has 2 heterocycles. The van der Waals surface area contributed by atoms with Crippen molar-refractivity contribution in [3.63, 3.8) is 0 Å². The summed E-state index contributed by atoms with van der Waals surface area (Å²) < 4.78 is 0. The SMILES string of the molecule is CCN(CC)CCNC(=O)N(C)C(=O)[C@@H]1C[C@@H]2Cc3c(sc(N)c3C#N)C[C@H]2N(C)C1. The van der Waals surface area contributed by atoms with E-state index in [0.717, 1.165) is 44.5 Å². The predicted molar refractivity (Wildman–Crippen MR) is 123 cm³/mol. The number of hydrogen-bond acceptors (Lipinski definition) is 7. The molecule has 0 unspecified atom stereocenters. The van der Waals surface area contributed by atoms with Gasteiger partial charge in [0, 0.05) is 37.6 Å². The predicted octanol–water partition coefficient (Wildman–Crippen LogP) is 1.75. The van der Waals surface area contributed by atoms with Crippen LogP contribution in [0, 0.1) is 23.2 Å². The molecule has 1 saturated heterocycles. The van der Waals surface area contributed by atoms with Gasteiger partial charge in [0.25, 0.3) is 0 Å². The van der Waals surface area contributed by atoms with Crippen LogP contribution in [0.1, 0.15) is 36.3 Å². The first-order chi connectivity index (χ1) is 14.8. The molecule has 31 heavy (non-hydrogen) atoms. The van der Waals surface area contributed by atoms with E-state index in [1.807, 2.05) is 0 Å². The van der Waals surface area contributed by atoms with Gasteiger partial charge in [-0.2, -0.15) is 5.26 Å². The molecule has 0 aromatic carbocycles. The maximum atomic E-state index is 13.1. The maximum Gasteiger partial charge on any atom is 0.323 e. The number of nitrogens with one attached hydrogen (secondary N) is 1. The van der Waals surface area contributed by atoms with Crippen LogP contribution in [0.25, 0.3) is 0 Å². The Balaban J connectivity index is 1.62. The van der Waals surface area contributed by atoms with Gasteiger partial charge in [-0.15, -0.1) is 11.3 Å². The number of likely N-dealkylation sites (tertiary alicyclic amines) is 1. The van der Waals surface area contributed by atoms with Crippen molar-refractivity contribution >= 4 is 28.3 Å². The van der Waals surface area contributed by atoms with Gasteiger partial charge in [-0.25, -0.2) is 4.79 Å². The van der Waals surface area contributed by atoms with Crippen LogP contribution in [0.15, 0.2) is 0 Å². The number of nitrogens with two attached hydrogens (primary N) is 1. The second kappa shape index (κ2) is 9.98. The number of amides is 3. The average molecular weight is 447 g/mol. The molecule has 3 N–H and O–H groups in total. The van der Waals surface area contributed by atoms with Crippen LogP contribution < -0.4 is 11.1 Å². The van der Waals surface area contributed by atoms with Gasteiger partial charge in [-0.1, -0.05) is 13.8 Å². The highest BCUT2D eigenvalue weighted by Gasteiger charge is 2.42. The van der Waals surface area contributed by atoms with E-state index in [9.17, 15) is 14.9 Å². The first kappa shape index (κ1) is 23.5. The zero-order chi connectivity index (χ0) is 22.7. The average Bonchev–Trinajstić information content (AvgIpc) is 3.07. The summed E-state index contributed by atoms with van der Waals surface area (Å²) in [5.41, 5.74) is 7.73. The third kappa shape index (κ3) is 4.86. The molecule has 0 radical (unpaired) electrons. The van der Waals surface area contributed by atoms with Crippen LogP contribution >= 0.6 is 11.3 Å². The van der Waals surface area contributed by atoms with Gasteiger partial charge in [0.1, 0.15) is 11.1 Å². The van der Waals surface area contributed by atoms with E-state index in [-0.39, 0.29) is 23.8 Å². The fraction of sp³-hybridized carbons (Fsp3) is 0.682. The van der Waals surface area contributed by atoms with Gasteiger partial charge in [-0.05, 0) is 50.9 Å². The van der Waals surface area contributed by atoms with E-state index in [1.54, 1.807) is 7.05 Å². The zero-order valence-corrected chi connectivity index (χ0v) is 19.8. The lowest BCUT2D eigenvalue weighted by atomic mass is 9.74. The van der Waals surface area contributed by atoms with Gasteiger partial charge in [-0.3, -0.25) is 9.69 Å². The second-order valence-electron chi connectivity index (χ2n) is 8.62. The third-order valence-electron chi connectivity index (χ3n) is 6.88. The number of rotatable bonds is 6. The van der Waals surface area contributed by atoms with Crippen LogP contribution in [0.4, 0.5) is 9.80 Å². The highest BCUT2D eigenvalue weighted by atomic mass is 32.1. The van der Waals surface area contributed by atoms with E-state index >= 15 is 0 Å². The van der Waals surface area contributed by atoms with Crippen molar-refractivity contribution < 1.29 is 9.59 Å². The molecule has 9 heteroatoms. The van der Waals surface area contributed by atoms with Gasteiger partial charge in [0.05, 0.1) is 11.5 Å². The molecule has 3 rings (SSSR count). The number of nitrogens with zero attached hydrogens (tertiary/aromatic N) is 4. The minimum absolute atomic E-state index is 0.137. The summed E-state index contributed by atoms with van der Waals surface area (Å²) in [7, 11) is 3.61. The lowest BCUT2D eigenvalue weighted by molar-refractivity contribution is -0.134. The smallest absolute Gasteiger partial charge is 0.323 e. The van der Waals surface area contributed by atoms with E-state index in [0.29, 0.717) is 29.7 Å². The summed E-state index contributed by atoms with van der Waals surface area (Å²) in [4.78, 5) is 32.5. The topological polar surface area (TPSA) is 106 Å². The van der Waals surface area contributed by atoms with Crippen molar-refractivity contribution in [1.82, 2.24) is 20.0 Å². The molecule has 0 spiro atoms. The fourth-order valence-electron chi connectivity index (χ4n) is 5.00. The molecule has 2 aliphatic rings. The van der Waals surface area contributed by atoms with E-state index in [4.69, 9.17) is 5.73 Å². The zero-order valence-electron chi connectivity index (χ0n) is 19.0. The maximum absolute atomic E-state index is 13.1. The number of piperidine rings is 1. The van der Waals surface area contributed by atoms with Crippen LogP contribution in [0.3, 0.4) is 0 Å². The lowest BCUT2D eigenvalue weighted by Gasteiger charge is -2.45. The molecule has 8 nitrogen and oxygen atoms in total. The number of carbonyl (C=O) groups excluding carboxylic acids is 2. The van der Waals surface area contributed by atoms with Crippen molar-refractivity contribution in [3.05, 3.63) is 16.0 Å². The third-order valence-corrected chi connectivity index (χ3v) is 7.96. The Morgan fingerprint density at radius 2 is 2.03 bits per heavy atom. The second-order valence-corrected chi connectivity index (χ2v) is 9.76. The Kier molecular flexibility index (Phi) is 7.57. The normalized spacial score (nSPS) is 23.0. The number of nitrogen functional groups attached to an aromatic ring is 1. The highest BCUT2D eigenvalue weighted by Crippen LogP contribution is 2.42. The summed E-state index contributed by atoms with van der Waals surface area (Å²) in [5.74, 6) is -0.0879. The number of carbonyl (C=O) groups is 2. The van der Waals surface area contributed by atoms with Crippen molar-refractivity contribution in [2.24, 2.45) is 11.8 Å². The number of anilines is 1. The van der Waals surface area contributed by atoms with Gasteiger partial charge in [0.2, 0.25) is 5.91 Å². The lowest BCUT2D eigenvalue weighted by Crippen LogP contribution is -2.54. The largest absolute Gasteiger partial charge is 0.389 e.